The van der Waals surface area contributed by atoms with Crippen LogP contribution in [0.1, 0.15) is 32.1 Å². The molecule has 1 aromatic heterocycles. The van der Waals surface area contributed by atoms with Crippen LogP contribution in [0.25, 0.3) is 0 Å². The van der Waals surface area contributed by atoms with E-state index >= 15 is 0 Å². The van der Waals surface area contributed by atoms with E-state index in [9.17, 15) is 0 Å². The highest BCUT2D eigenvalue weighted by atomic mass is 32.1. The fraction of sp³-hybridized carbons (Fsp3) is 0.786. The van der Waals surface area contributed by atoms with Gasteiger partial charge in [0, 0.05) is 43.3 Å². The number of likely N-dealkylation sites (N-methyl/N-ethyl adjacent to an activating group) is 1. The fourth-order valence-corrected chi connectivity index (χ4v) is 3.75. The minimum Gasteiger partial charge on any atom is -0.362 e. The topological polar surface area (TPSA) is 31.4 Å². The highest BCUT2D eigenvalue weighted by Crippen LogP contribution is 2.23. The van der Waals surface area contributed by atoms with Crippen LogP contribution in [0.3, 0.4) is 0 Å². The summed E-state index contributed by atoms with van der Waals surface area (Å²) in [6, 6.07) is 0.746. The second kappa shape index (κ2) is 7.22. The second-order valence-electron chi connectivity index (χ2n) is 5.06. The molecule has 0 aromatic carbocycles. The monoisotopic (exact) mass is 282 g/mol. The molecule has 108 valence electrons. The molecule has 19 heavy (non-hydrogen) atoms. The molecule has 0 saturated carbocycles. The molecule has 1 saturated heterocycles. The molecule has 5 heteroatoms. The highest BCUT2D eigenvalue weighted by molar-refractivity contribution is 7.15. The summed E-state index contributed by atoms with van der Waals surface area (Å²) in [6.07, 6.45) is 3.33. The van der Waals surface area contributed by atoms with Gasteiger partial charge in [-0.1, -0.05) is 13.8 Å². The van der Waals surface area contributed by atoms with Gasteiger partial charge in [0.1, 0.15) is 0 Å². The van der Waals surface area contributed by atoms with Crippen molar-refractivity contribution in [2.45, 2.75) is 39.8 Å². The van der Waals surface area contributed by atoms with Crippen molar-refractivity contribution in [3.8, 4) is 0 Å². The molecule has 0 aliphatic carbocycles. The third-order valence-corrected chi connectivity index (χ3v) is 4.78. The van der Waals surface area contributed by atoms with Crippen LogP contribution < -0.4 is 5.32 Å². The van der Waals surface area contributed by atoms with E-state index in [-0.39, 0.29) is 0 Å². The first-order valence-electron chi connectivity index (χ1n) is 7.41. The number of anilines is 1. The molecular weight excluding hydrogens is 256 g/mol. The first-order valence-corrected chi connectivity index (χ1v) is 8.23. The van der Waals surface area contributed by atoms with Crippen LogP contribution in [0.15, 0.2) is 6.20 Å². The lowest BCUT2D eigenvalue weighted by atomic mass is 10.2. The maximum absolute atomic E-state index is 4.40. The molecule has 1 aliphatic rings. The van der Waals surface area contributed by atoms with Crippen LogP contribution in [0, 0.1) is 0 Å². The van der Waals surface area contributed by atoms with E-state index in [4.69, 9.17) is 0 Å². The standard InChI is InChI=1S/C14H26N4S/c1-4-15-14-16-9-13(19-14)11-17-8-7-12(10-17)18(5-2)6-3/h9,12H,4-8,10-11H2,1-3H3,(H,15,16). The van der Waals surface area contributed by atoms with Gasteiger partial charge in [0.15, 0.2) is 5.13 Å². The molecule has 0 amide bonds. The lowest BCUT2D eigenvalue weighted by Crippen LogP contribution is -2.37. The van der Waals surface area contributed by atoms with Crippen LogP contribution in [-0.2, 0) is 6.54 Å². The number of nitrogens with zero attached hydrogens (tertiary/aromatic N) is 3. The molecule has 2 rings (SSSR count). The van der Waals surface area contributed by atoms with Crippen molar-refractivity contribution in [2.75, 3.05) is 38.0 Å². The van der Waals surface area contributed by atoms with E-state index < -0.39 is 0 Å². The Kier molecular flexibility index (Phi) is 5.60. The van der Waals surface area contributed by atoms with Crippen molar-refractivity contribution in [1.82, 2.24) is 14.8 Å². The number of thiazole rings is 1. The second-order valence-corrected chi connectivity index (χ2v) is 6.18. The molecule has 0 radical (unpaired) electrons. The van der Waals surface area contributed by atoms with Crippen molar-refractivity contribution in [2.24, 2.45) is 0 Å². The Labute approximate surface area is 120 Å². The molecule has 1 aromatic rings. The van der Waals surface area contributed by atoms with Gasteiger partial charge in [-0.2, -0.15) is 0 Å². The van der Waals surface area contributed by atoms with Crippen molar-refractivity contribution in [3.05, 3.63) is 11.1 Å². The number of nitrogens with one attached hydrogen (secondary N) is 1. The minimum atomic E-state index is 0.746. The summed E-state index contributed by atoms with van der Waals surface area (Å²) in [5.74, 6) is 0. The predicted molar refractivity (Wildman–Crippen MR) is 82.9 cm³/mol. The summed E-state index contributed by atoms with van der Waals surface area (Å²) < 4.78 is 0. The molecular formula is C14H26N4S. The third-order valence-electron chi connectivity index (χ3n) is 3.84. The first-order chi connectivity index (χ1) is 9.26. The number of aromatic nitrogens is 1. The van der Waals surface area contributed by atoms with Crippen molar-refractivity contribution >= 4 is 16.5 Å². The number of likely N-dealkylation sites (tertiary alicyclic amines) is 1. The average Bonchev–Trinajstić information content (AvgIpc) is 3.02. The maximum Gasteiger partial charge on any atom is 0.182 e. The van der Waals surface area contributed by atoms with E-state index in [1.807, 2.05) is 6.20 Å². The van der Waals surface area contributed by atoms with Gasteiger partial charge >= 0.3 is 0 Å². The molecule has 1 aliphatic heterocycles. The molecule has 0 spiro atoms. The third kappa shape index (κ3) is 3.91. The molecule has 2 heterocycles. The largest absolute Gasteiger partial charge is 0.362 e. The summed E-state index contributed by atoms with van der Waals surface area (Å²) in [6.45, 7) is 13.4. The lowest BCUT2D eigenvalue weighted by Gasteiger charge is -2.26. The molecule has 1 unspecified atom stereocenters. The van der Waals surface area contributed by atoms with Crippen molar-refractivity contribution < 1.29 is 0 Å². The average molecular weight is 282 g/mol. The van der Waals surface area contributed by atoms with Crippen LogP contribution in [-0.4, -0.2) is 53.5 Å². The quantitative estimate of drug-likeness (QED) is 0.832. The Morgan fingerprint density at radius 3 is 2.89 bits per heavy atom. The fourth-order valence-electron chi connectivity index (χ4n) is 2.83. The Morgan fingerprint density at radius 2 is 2.21 bits per heavy atom. The first kappa shape index (κ1) is 14.8. The molecule has 1 fully saturated rings. The number of hydrogen-bond acceptors (Lipinski definition) is 5. The SMILES string of the molecule is CCNc1ncc(CN2CCC(N(CC)CC)C2)s1. The van der Waals surface area contributed by atoms with E-state index in [1.54, 1.807) is 11.3 Å². The highest BCUT2D eigenvalue weighted by Gasteiger charge is 2.26. The van der Waals surface area contributed by atoms with Crippen LogP contribution in [0.5, 0.6) is 0 Å². The zero-order valence-corrected chi connectivity index (χ0v) is 13.2. The van der Waals surface area contributed by atoms with Crippen LogP contribution in [0.2, 0.25) is 0 Å². The molecule has 1 atom stereocenters. The Bertz CT molecular complexity index is 375. The van der Waals surface area contributed by atoms with Crippen LogP contribution >= 0.6 is 11.3 Å². The zero-order valence-electron chi connectivity index (χ0n) is 12.4. The molecule has 0 bridgehead atoms. The van der Waals surface area contributed by atoms with E-state index in [1.165, 1.54) is 37.5 Å². The number of hydrogen-bond donors (Lipinski definition) is 1. The van der Waals surface area contributed by atoms with Gasteiger partial charge in [-0.25, -0.2) is 4.98 Å². The van der Waals surface area contributed by atoms with Gasteiger partial charge in [-0.15, -0.1) is 11.3 Å². The lowest BCUT2D eigenvalue weighted by molar-refractivity contribution is 0.209. The summed E-state index contributed by atoms with van der Waals surface area (Å²) in [7, 11) is 0. The van der Waals surface area contributed by atoms with E-state index in [2.05, 4.69) is 40.9 Å². The summed E-state index contributed by atoms with van der Waals surface area (Å²) in [5, 5.41) is 4.33. The summed E-state index contributed by atoms with van der Waals surface area (Å²) in [5.41, 5.74) is 0. The molecule has 1 N–H and O–H groups in total. The van der Waals surface area contributed by atoms with Gasteiger partial charge in [0.05, 0.1) is 0 Å². The molecule has 4 nitrogen and oxygen atoms in total. The van der Waals surface area contributed by atoms with Gasteiger partial charge in [-0.05, 0) is 26.4 Å². The van der Waals surface area contributed by atoms with Gasteiger partial charge in [0.2, 0.25) is 0 Å². The van der Waals surface area contributed by atoms with E-state index in [0.29, 0.717) is 0 Å². The Hall–Kier alpha value is -0.650. The number of rotatable bonds is 7. The van der Waals surface area contributed by atoms with Gasteiger partial charge in [-0.3, -0.25) is 9.80 Å². The Morgan fingerprint density at radius 1 is 1.42 bits per heavy atom. The zero-order chi connectivity index (χ0) is 13.7. The Balaban J connectivity index is 1.83. The maximum atomic E-state index is 4.40. The minimum absolute atomic E-state index is 0.746. The van der Waals surface area contributed by atoms with Crippen molar-refractivity contribution in [1.29, 1.82) is 0 Å². The normalized spacial score (nSPS) is 20.3. The van der Waals surface area contributed by atoms with Gasteiger partial charge < -0.3 is 5.32 Å². The summed E-state index contributed by atoms with van der Waals surface area (Å²) in [4.78, 5) is 10.9. The van der Waals surface area contributed by atoms with Crippen molar-refractivity contribution in [3.63, 3.8) is 0 Å². The van der Waals surface area contributed by atoms with E-state index in [0.717, 1.165) is 24.3 Å². The predicted octanol–water partition coefficient (Wildman–Crippen LogP) is 2.49. The smallest absolute Gasteiger partial charge is 0.182 e. The summed E-state index contributed by atoms with van der Waals surface area (Å²) >= 11 is 1.79. The van der Waals surface area contributed by atoms with Gasteiger partial charge in [0.25, 0.3) is 0 Å². The van der Waals surface area contributed by atoms with Crippen LogP contribution in [0.4, 0.5) is 5.13 Å².